The number of nitrogens with zero attached hydrogens (tertiary/aromatic N) is 2. The number of carbonyl (C=O) groups is 1. The molecular formula is C19H25N3O2. The van der Waals surface area contributed by atoms with Crippen LogP contribution in [0.3, 0.4) is 0 Å². The molecule has 1 aromatic heterocycles. The van der Waals surface area contributed by atoms with Gasteiger partial charge in [-0.2, -0.15) is 0 Å². The predicted molar refractivity (Wildman–Crippen MR) is 92.7 cm³/mol. The minimum atomic E-state index is -0.0586. The van der Waals surface area contributed by atoms with E-state index in [2.05, 4.69) is 34.7 Å². The highest BCUT2D eigenvalue weighted by atomic mass is 16.5. The maximum atomic E-state index is 12.6. The number of benzene rings is 1. The van der Waals surface area contributed by atoms with E-state index in [4.69, 9.17) is 4.52 Å². The molecule has 0 unspecified atom stereocenters. The van der Waals surface area contributed by atoms with E-state index >= 15 is 0 Å². The number of aryl methyl sites for hydroxylation is 3. The van der Waals surface area contributed by atoms with Crippen molar-refractivity contribution in [3.63, 3.8) is 0 Å². The molecule has 0 saturated heterocycles. The number of hydrogen-bond donors (Lipinski definition) is 1. The minimum Gasteiger partial charge on any atom is -0.361 e. The number of aromatic nitrogens is 1. The maximum absolute atomic E-state index is 12.6. The van der Waals surface area contributed by atoms with Crippen LogP contribution in [0.5, 0.6) is 0 Å². The summed E-state index contributed by atoms with van der Waals surface area (Å²) in [6.07, 6.45) is 4.39. The van der Waals surface area contributed by atoms with Crippen LogP contribution >= 0.6 is 0 Å². The third-order valence-corrected chi connectivity index (χ3v) is 4.84. The number of urea groups is 1. The smallest absolute Gasteiger partial charge is 0.317 e. The summed E-state index contributed by atoms with van der Waals surface area (Å²) in [5.41, 5.74) is 4.43. The Morgan fingerprint density at radius 1 is 1.33 bits per heavy atom. The van der Waals surface area contributed by atoms with Crippen molar-refractivity contribution in [2.45, 2.75) is 52.1 Å². The third kappa shape index (κ3) is 3.45. The van der Waals surface area contributed by atoms with Crippen LogP contribution in [0.25, 0.3) is 0 Å². The normalized spacial score (nSPS) is 17.0. The van der Waals surface area contributed by atoms with Crippen molar-refractivity contribution >= 4 is 6.03 Å². The van der Waals surface area contributed by atoms with Gasteiger partial charge in [0.05, 0.1) is 18.3 Å². The Labute approximate surface area is 143 Å². The fraction of sp³-hybridized carbons (Fsp3) is 0.474. The number of carbonyl (C=O) groups excluding carboxylic acids is 1. The first-order valence-corrected chi connectivity index (χ1v) is 8.57. The molecule has 5 nitrogen and oxygen atoms in total. The second-order valence-corrected chi connectivity index (χ2v) is 6.61. The lowest BCUT2D eigenvalue weighted by molar-refractivity contribution is 0.201. The summed E-state index contributed by atoms with van der Waals surface area (Å²) >= 11 is 0. The van der Waals surface area contributed by atoms with Gasteiger partial charge in [0.25, 0.3) is 0 Å². The van der Waals surface area contributed by atoms with Gasteiger partial charge in [-0.05, 0) is 44.2 Å². The predicted octanol–water partition coefficient (Wildman–Crippen LogP) is 3.90. The molecule has 0 bridgehead atoms. The second kappa shape index (κ2) is 7.07. The highest BCUT2D eigenvalue weighted by molar-refractivity contribution is 5.74. The van der Waals surface area contributed by atoms with E-state index in [1.165, 1.54) is 17.5 Å². The van der Waals surface area contributed by atoms with Crippen molar-refractivity contribution in [1.82, 2.24) is 15.4 Å². The van der Waals surface area contributed by atoms with Crippen LogP contribution in [0.1, 0.15) is 53.4 Å². The summed E-state index contributed by atoms with van der Waals surface area (Å²) < 4.78 is 5.18. The quantitative estimate of drug-likeness (QED) is 0.870. The third-order valence-electron chi connectivity index (χ3n) is 4.84. The molecule has 24 heavy (non-hydrogen) atoms. The number of rotatable bonds is 3. The molecule has 1 aliphatic rings. The molecule has 0 radical (unpaired) electrons. The molecular weight excluding hydrogens is 302 g/mol. The van der Waals surface area contributed by atoms with Crippen LogP contribution in [0.15, 0.2) is 28.8 Å². The Hall–Kier alpha value is -2.30. The van der Waals surface area contributed by atoms with Crippen LogP contribution in [0, 0.1) is 13.8 Å². The van der Waals surface area contributed by atoms with Gasteiger partial charge in [0, 0.05) is 12.6 Å². The Morgan fingerprint density at radius 2 is 2.12 bits per heavy atom. The standard InChI is InChI=1S/C19H25N3O2/c1-13-17(14(2)24-21-13)12-22(3)19(23)20-18-11-7-5-9-15-8-4-6-10-16(15)18/h4,6,8,10,18H,5,7,9,11-12H2,1-3H3,(H,20,23)/t18-/m1/s1. The van der Waals surface area contributed by atoms with Gasteiger partial charge in [-0.15, -0.1) is 0 Å². The van der Waals surface area contributed by atoms with Gasteiger partial charge < -0.3 is 14.7 Å². The molecule has 0 saturated carbocycles. The summed E-state index contributed by atoms with van der Waals surface area (Å²) in [5.74, 6) is 0.770. The molecule has 128 valence electrons. The SMILES string of the molecule is Cc1noc(C)c1CN(C)C(=O)N[C@@H]1CCCCc2ccccc21. The molecule has 0 aliphatic heterocycles. The van der Waals surface area contributed by atoms with E-state index in [1.807, 2.05) is 20.9 Å². The summed E-state index contributed by atoms with van der Waals surface area (Å²) in [7, 11) is 1.81. The van der Waals surface area contributed by atoms with Crippen molar-refractivity contribution < 1.29 is 9.32 Å². The number of amides is 2. The summed E-state index contributed by atoms with van der Waals surface area (Å²) in [6.45, 7) is 4.28. The van der Waals surface area contributed by atoms with E-state index in [9.17, 15) is 4.79 Å². The van der Waals surface area contributed by atoms with Gasteiger partial charge in [-0.3, -0.25) is 0 Å². The molecule has 2 amide bonds. The molecule has 5 heteroatoms. The number of nitrogens with one attached hydrogen (secondary N) is 1. The highest BCUT2D eigenvalue weighted by Crippen LogP contribution is 2.28. The Balaban J connectivity index is 1.70. The average Bonchev–Trinajstić information content (AvgIpc) is 2.78. The van der Waals surface area contributed by atoms with Crippen molar-refractivity contribution in [3.8, 4) is 0 Å². The van der Waals surface area contributed by atoms with E-state index < -0.39 is 0 Å². The van der Waals surface area contributed by atoms with Gasteiger partial charge in [-0.1, -0.05) is 35.8 Å². The van der Waals surface area contributed by atoms with Crippen LogP contribution in [0.2, 0.25) is 0 Å². The monoisotopic (exact) mass is 327 g/mol. The maximum Gasteiger partial charge on any atom is 0.317 e. The molecule has 1 atom stereocenters. The van der Waals surface area contributed by atoms with Gasteiger partial charge in [0.2, 0.25) is 0 Å². The fourth-order valence-corrected chi connectivity index (χ4v) is 3.37. The minimum absolute atomic E-state index is 0.0586. The topological polar surface area (TPSA) is 58.4 Å². The number of hydrogen-bond acceptors (Lipinski definition) is 3. The zero-order valence-corrected chi connectivity index (χ0v) is 14.6. The first kappa shape index (κ1) is 16.6. The zero-order chi connectivity index (χ0) is 17.1. The van der Waals surface area contributed by atoms with Gasteiger partial charge in [-0.25, -0.2) is 4.79 Å². The molecule has 0 fully saturated rings. The van der Waals surface area contributed by atoms with Gasteiger partial charge in [0.15, 0.2) is 0 Å². The lowest BCUT2D eigenvalue weighted by atomic mass is 9.99. The summed E-state index contributed by atoms with van der Waals surface area (Å²) in [5, 5.41) is 7.16. The molecule has 2 aromatic rings. The van der Waals surface area contributed by atoms with Crippen molar-refractivity contribution in [2.75, 3.05) is 7.05 Å². The van der Waals surface area contributed by atoms with Gasteiger partial charge >= 0.3 is 6.03 Å². The molecule has 1 aliphatic carbocycles. The van der Waals surface area contributed by atoms with Crippen molar-refractivity contribution in [3.05, 3.63) is 52.4 Å². The first-order valence-electron chi connectivity index (χ1n) is 8.57. The molecule has 0 spiro atoms. The van der Waals surface area contributed by atoms with E-state index in [-0.39, 0.29) is 12.1 Å². The largest absolute Gasteiger partial charge is 0.361 e. The molecule has 1 N–H and O–H groups in total. The lowest BCUT2D eigenvalue weighted by Crippen LogP contribution is -2.39. The fourth-order valence-electron chi connectivity index (χ4n) is 3.37. The van der Waals surface area contributed by atoms with E-state index in [0.29, 0.717) is 6.54 Å². The Kier molecular flexibility index (Phi) is 4.88. The van der Waals surface area contributed by atoms with E-state index in [1.54, 1.807) is 4.90 Å². The first-order chi connectivity index (χ1) is 11.6. The lowest BCUT2D eigenvalue weighted by Gasteiger charge is -2.24. The van der Waals surface area contributed by atoms with Crippen LogP contribution < -0.4 is 5.32 Å². The molecule has 1 aromatic carbocycles. The number of fused-ring (bicyclic) bond motifs is 1. The van der Waals surface area contributed by atoms with Gasteiger partial charge in [0.1, 0.15) is 5.76 Å². The second-order valence-electron chi connectivity index (χ2n) is 6.61. The van der Waals surface area contributed by atoms with Crippen molar-refractivity contribution in [1.29, 1.82) is 0 Å². The van der Waals surface area contributed by atoms with Crippen LogP contribution in [-0.2, 0) is 13.0 Å². The van der Waals surface area contributed by atoms with Crippen molar-refractivity contribution in [2.24, 2.45) is 0 Å². The molecule has 3 rings (SSSR count). The zero-order valence-electron chi connectivity index (χ0n) is 14.6. The van der Waals surface area contributed by atoms with Crippen LogP contribution in [-0.4, -0.2) is 23.1 Å². The Morgan fingerprint density at radius 3 is 2.88 bits per heavy atom. The average molecular weight is 327 g/mol. The molecule has 1 heterocycles. The van der Waals surface area contributed by atoms with E-state index in [0.717, 1.165) is 36.3 Å². The highest BCUT2D eigenvalue weighted by Gasteiger charge is 2.22. The Bertz CT molecular complexity index is 704. The summed E-state index contributed by atoms with van der Waals surface area (Å²) in [4.78, 5) is 14.3. The summed E-state index contributed by atoms with van der Waals surface area (Å²) in [6, 6.07) is 8.47. The van der Waals surface area contributed by atoms with Crippen LogP contribution in [0.4, 0.5) is 4.79 Å².